The first kappa shape index (κ1) is 57.1. The molecule has 0 aromatic carbocycles. The third-order valence-electron chi connectivity index (χ3n) is 1.07. The second-order valence-electron chi connectivity index (χ2n) is 2.01. The van der Waals surface area contributed by atoms with Crippen LogP contribution in [-0.4, -0.2) is 0 Å². The molecule has 0 atom stereocenters. The molecule has 132 valence electrons. The fourth-order valence-corrected chi connectivity index (χ4v) is 0.525. The van der Waals surface area contributed by atoms with Gasteiger partial charge in [0.15, 0.2) is 0 Å². The van der Waals surface area contributed by atoms with E-state index < -0.39 is 0 Å². The van der Waals surface area contributed by atoms with Crippen molar-refractivity contribution >= 4 is 0 Å². The van der Waals surface area contributed by atoms with E-state index in [0.29, 0.717) is 0 Å². The zero-order chi connectivity index (χ0) is 19.7. The normalized spacial score (nSPS) is 3.67. The zero-order valence-corrected chi connectivity index (χ0v) is 14.6. The van der Waals surface area contributed by atoms with Gasteiger partial charge in [0.25, 0.3) is 0 Å². The summed E-state index contributed by atoms with van der Waals surface area (Å²) >= 11 is 0. The van der Waals surface area contributed by atoms with Crippen LogP contribution < -0.4 is 0 Å². The summed E-state index contributed by atoms with van der Waals surface area (Å²) in [6.45, 7) is 34.2. The molecule has 0 spiro atoms. The molecule has 0 fully saturated rings. The minimum Gasteiger partial charge on any atom is 0 e. The van der Waals surface area contributed by atoms with Gasteiger partial charge < -0.3 is 0 Å². The Kier molecular flexibility index (Phi) is 509. The van der Waals surface area contributed by atoms with E-state index in [-0.39, 0.29) is 33.6 Å². The Hall–Kier alpha value is -1.51. The molecule has 0 aliphatic heterocycles. The van der Waals surface area contributed by atoms with Gasteiger partial charge in [0.2, 0.25) is 0 Å². The molecule has 0 aliphatic carbocycles. The summed E-state index contributed by atoms with van der Waals surface area (Å²) in [5.74, 6) is 6.10. The summed E-state index contributed by atoms with van der Waals surface area (Å²) < 4.78 is 45.0. The SMILES string of the molecule is C=CCCC#CCCC=C.[C-]#[O+].[C-]#[O+].[C-]#[O+].[C-]#[O+].[C-]#[O+].[C-]#[O+].[Co].[Co]. The fraction of sp³-hybridized carbons (Fsp3) is 0.250. The van der Waals surface area contributed by atoms with Crippen molar-refractivity contribution in [2.75, 3.05) is 0 Å². The first-order valence-corrected chi connectivity index (χ1v) is 4.81. The minimum atomic E-state index is 0. The maximum Gasteiger partial charge on any atom is 0 e. The molecule has 0 N–H and O–H groups in total. The topological polar surface area (TPSA) is 119 Å². The van der Waals surface area contributed by atoms with E-state index in [0.717, 1.165) is 25.7 Å². The molecule has 0 aliphatic rings. The summed E-state index contributed by atoms with van der Waals surface area (Å²) in [5.41, 5.74) is 0. The third-order valence-corrected chi connectivity index (χ3v) is 1.07. The summed E-state index contributed by atoms with van der Waals surface area (Å²) in [7, 11) is 0. The Morgan fingerprint density at radius 3 is 0.833 bits per heavy atom. The largest absolute Gasteiger partial charge is 0 e. The predicted octanol–water partition coefficient (Wildman–Crippen LogP) is 2.69. The predicted molar refractivity (Wildman–Crippen MR) is 70.2 cm³/mol. The van der Waals surface area contributed by atoms with Crippen LogP contribution in [0.15, 0.2) is 25.3 Å². The van der Waals surface area contributed by atoms with Crippen LogP contribution in [0, 0.1) is 51.7 Å². The van der Waals surface area contributed by atoms with Crippen molar-refractivity contribution in [3.63, 3.8) is 0 Å². The average molecular weight is 420 g/mol. The molecular weight excluding hydrogens is 406 g/mol. The second-order valence-corrected chi connectivity index (χ2v) is 2.01. The van der Waals surface area contributed by atoms with E-state index in [1.165, 1.54) is 0 Å². The Bertz CT molecular complexity index is 305. The molecule has 24 heavy (non-hydrogen) atoms. The second kappa shape index (κ2) is 214. The van der Waals surface area contributed by atoms with Crippen molar-refractivity contribution in [3.05, 3.63) is 65.2 Å². The standard InChI is InChI=1S/C10H14.6CO.2Co/c1-3-5-7-9-10-8-6-4-2;6*1-2;;/h3-4H,1-2,5-8H2;;;;;;;;. The van der Waals surface area contributed by atoms with Crippen LogP contribution in [0.25, 0.3) is 0 Å². The van der Waals surface area contributed by atoms with Gasteiger partial charge in [-0.25, -0.2) is 0 Å². The molecule has 0 aromatic heterocycles. The van der Waals surface area contributed by atoms with Crippen LogP contribution in [0.1, 0.15) is 25.7 Å². The van der Waals surface area contributed by atoms with Gasteiger partial charge in [0.05, 0.1) is 0 Å². The van der Waals surface area contributed by atoms with Gasteiger partial charge >= 0.3 is 67.8 Å². The van der Waals surface area contributed by atoms with Gasteiger partial charge in [0.1, 0.15) is 0 Å². The van der Waals surface area contributed by atoms with Crippen LogP contribution >= 0.6 is 0 Å². The summed E-state index contributed by atoms with van der Waals surface area (Å²) in [5, 5.41) is 0. The van der Waals surface area contributed by atoms with Gasteiger partial charge in [-0.3, -0.25) is 0 Å². The van der Waals surface area contributed by atoms with Crippen molar-refractivity contribution in [2.45, 2.75) is 25.7 Å². The van der Waals surface area contributed by atoms with Gasteiger partial charge in [-0.1, -0.05) is 12.2 Å². The Balaban J connectivity index is -0.0000000196. The minimum absolute atomic E-state index is 0. The Morgan fingerprint density at radius 1 is 0.542 bits per heavy atom. The number of hydrogen-bond acceptors (Lipinski definition) is 0. The molecule has 0 unspecified atom stereocenters. The molecule has 0 saturated carbocycles. The number of allylic oxidation sites excluding steroid dienone is 2. The molecule has 0 aromatic rings. The molecule has 0 amide bonds. The van der Waals surface area contributed by atoms with E-state index in [2.05, 4.69) is 64.9 Å². The van der Waals surface area contributed by atoms with Crippen LogP contribution in [0.4, 0.5) is 0 Å². The van der Waals surface area contributed by atoms with E-state index >= 15 is 0 Å². The Morgan fingerprint density at radius 2 is 0.708 bits per heavy atom. The maximum atomic E-state index is 7.50. The molecule has 6 nitrogen and oxygen atoms in total. The van der Waals surface area contributed by atoms with Crippen molar-refractivity contribution < 1.29 is 61.5 Å². The van der Waals surface area contributed by atoms with Crippen molar-refractivity contribution in [3.8, 4) is 11.8 Å². The molecule has 0 heterocycles. The average Bonchev–Trinajstić information content (AvgIpc) is 2.68. The van der Waals surface area contributed by atoms with E-state index in [9.17, 15) is 0 Å². The molecular formula is C16H14Co2O6. The molecule has 0 saturated heterocycles. The third kappa shape index (κ3) is 258. The van der Waals surface area contributed by atoms with Gasteiger partial charge in [-0.15, -0.1) is 25.0 Å². The first-order chi connectivity index (χ1) is 10.9. The van der Waals surface area contributed by atoms with Gasteiger partial charge in [0, 0.05) is 46.4 Å². The molecule has 2 radical (unpaired) electrons. The van der Waals surface area contributed by atoms with Crippen LogP contribution in [-0.2, 0) is 61.5 Å². The van der Waals surface area contributed by atoms with E-state index in [1.54, 1.807) is 0 Å². The van der Waals surface area contributed by atoms with Crippen molar-refractivity contribution in [2.24, 2.45) is 0 Å². The first-order valence-electron chi connectivity index (χ1n) is 4.81. The summed E-state index contributed by atoms with van der Waals surface area (Å²) in [6.07, 6.45) is 7.67. The fourth-order valence-electron chi connectivity index (χ4n) is 0.525. The summed E-state index contributed by atoms with van der Waals surface area (Å²) in [4.78, 5) is 0. The number of hydrogen-bond donors (Lipinski definition) is 0. The number of unbranched alkanes of at least 4 members (excludes halogenated alkanes) is 2. The van der Waals surface area contributed by atoms with Crippen LogP contribution in [0.3, 0.4) is 0 Å². The monoisotopic (exact) mass is 420 g/mol. The van der Waals surface area contributed by atoms with Crippen LogP contribution in [0.5, 0.6) is 0 Å². The van der Waals surface area contributed by atoms with E-state index in [1.807, 2.05) is 12.2 Å². The smallest absolute Gasteiger partial charge is 0 e. The van der Waals surface area contributed by atoms with Crippen molar-refractivity contribution in [1.82, 2.24) is 0 Å². The number of rotatable bonds is 4. The zero-order valence-electron chi connectivity index (χ0n) is 12.5. The Labute approximate surface area is 164 Å². The maximum absolute atomic E-state index is 7.50. The molecule has 0 rings (SSSR count). The summed E-state index contributed by atoms with van der Waals surface area (Å²) in [6, 6.07) is 0. The van der Waals surface area contributed by atoms with Gasteiger partial charge in [-0.05, 0) is 12.8 Å². The van der Waals surface area contributed by atoms with Crippen LogP contribution in [0.2, 0.25) is 0 Å². The van der Waals surface area contributed by atoms with E-state index in [4.69, 9.17) is 27.9 Å². The molecule has 0 bridgehead atoms. The quantitative estimate of drug-likeness (QED) is 0.219. The molecule has 8 heteroatoms. The van der Waals surface area contributed by atoms with Gasteiger partial charge in [-0.2, -0.15) is 0 Å². The van der Waals surface area contributed by atoms with Crippen molar-refractivity contribution in [1.29, 1.82) is 0 Å².